The number of hydrogen-bond acceptors (Lipinski definition) is 4. The highest BCUT2D eigenvalue weighted by Crippen LogP contribution is 2.54. The first-order valence-corrected chi connectivity index (χ1v) is 25.5. The van der Waals surface area contributed by atoms with Gasteiger partial charge < -0.3 is 18.6 Å². The maximum atomic E-state index is 7.64. The first-order valence-electron chi connectivity index (χ1n) is 25.5. The molecule has 0 spiro atoms. The molecule has 4 aliphatic rings. The predicted octanol–water partition coefficient (Wildman–Crippen LogP) is 16.0. The van der Waals surface area contributed by atoms with Gasteiger partial charge in [0.05, 0.1) is 22.4 Å². The standard InChI is InChI=1S/C63H69BN2O2/c1-36-30-49-54-50(31-36)66(48-20-17-21-51-53(48)39-18-16-19-42(56(39)67-51)59(5,6)7)47-25-22-37(58(2,3)4)32-46(47)64(54)57-55(40-34-44-45(35-52(40)68-57)63(14,15)29-28-62(44,12)13)65(49)38-23-24-41-43(33-38)61(10,11)27-26-60(41,8)9/h16-25,30-35H,26-29H2,1-15H3. The Morgan fingerprint density at radius 3 is 1.79 bits per heavy atom. The first-order chi connectivity index (χ1) is 31.9. The van der Waals surface area contributed by atoms with Crippen LogP contribution in [0.4, 0.5) is 34.1 Å². The van der Waals surface area contributed by atoms with Crippen LogP contribution in [0.3, 0.4) is 0 Å². The van der Waals surface area contributed by atoms with Gasteiger partial charge in [-0.2, -0.15) is 0 Å². The zero-order chi connectivity index (χ0) is 48.0. The summed E-state index contributed by atoms with van der Waals surface area (Å²) in [7, 11) is 0. The molecule has 4 nitrogen and oxygen atoms in total. The van der Waals surface area contributed by atoms with E-state index in [0.29, 0.717) is 0 Å². The molecule has 0 unspecified atom stereocenters. The van der Waals surface area contributed by atoms with Gasteiger partial charge in [0.15, 0.2) is 0 Å². The lowest BCUT2D eigenvalue weighted by atomic mass is 9.35. The molecule has 0 bridgehead atoms. The van der Waals surface area contributed by atoms with Crippen LogP contribution < -0.4 is 26.4 Å². The Kier molecular flexibility index (Phi) is 8.83. The lowest BCUT2D eigenvalue weighted by Crippen LogP contribution is -2.61. The van der Waals surface area contributed by atoms with Crippen molar-refractivity contribution >= 4 is 90.3 Å². The minimum Gasteiger partial charge on any atom is -0.468 e. The van der Waals surface area contributed by atoms with Crippen molar-refractivity contribution in [2.45, 2.75) is 162 Å². The van der Waals surface area contributed by atoms with Crippen LogP contribution in [-0.4, -0.2) is 6.71 Å². The van der Waals surface area contributed by atoms with Gasteiger partial charge in [-0.3, -0.25) is 0 Å². The predicted molar refractivity (Wildman–Crippen MR) is 290 cm³/mol. The summed E-state index contributed by atoms with van der Waals surface area (Å²) >= 11 is 0. The quantitative estimate of drug-likeness (QED) is 0.162. The van der Waals surface area contributed by atoms with Crippen LogP contribution in [0.1, 0.15) is 162 Å². The minimum atomic E-state index is -0.147. The zero-order valence-electron chi connectivity index (χ0n) is 43.4. The normalized spacial score (nSPS) is 18.7. The highest BCUT2D eigenvalue weighted by Gasteiger charge is 2.49. The molecular formula is C63H69BN2O2. The third-order valence-corrected chi connectivity index (χ3v) is 17.3. The fraction of sp³-hybridized carbons (Fsp3) is 0.397. The number of nitrogens with zero attached hydrogens (tertiary/aromatic N) is 2. The maximum absolute atomic E-state index is 7.64. The number of anilines is 6. The summed E-state index contributed by atoms with van der Waals surface area (Å²) in [6.07, 6.45) is 4.64. The molecule has 346 valence electrons. The largest absolute Gasteiger partial charge is 0.468 e. The molecule has 6 aromatic carbocycles. The van der Waals surface area contributed by atoms with Gasteiger partial charge in [0.1, 0.15) is 16.7 Å². The van der Waals surface area contributed by atoms with Crippen molar-refractivity contribution in [2.24, 2.45) is 0 Å². The number of fused-ring (bicyclic) bond motifs is 11. The average Bonchev–Trinajstić information content (AvgIpc) is 3.84. The fourth-order valence-electron chi connectivity index (χ4n) is 13.0. The minimum absolute atomic E-state index is 0.0389. The third-order valence-electron chi connectivity index (χ3n) is 17.3. The van der Waals surface area contributed by atoms with Crippen LogP contribution in [0.15, 0.2) is 106 Å². The van der Waals surface area contributed by atoms with Crippen molar-refractivity contribution in [3.63, 3.8) is 0 Å². The second-order valence-corrected chi connectivity index (χ2v) is 26.0. The van der Waals surface area contributed by atoms with Gasteiger partial charge in [0.25, 0.3) is 6.71 Å². The monoisotopic (exact) mass is 897 g/mol. The van der Waals surface area contributed by atoms with Crippen LogP contribution in [0.25, 0.3) is 32.9 Å². The van der Waals surface area contributed by atoms with E-state index in [-0.39, 0.29) is 39.2 Å². The Bertz CT molecular complexity index is 3470. The van der Waals surface area contributed by atoms with Gasteiger partial charge in [-0.15, -0.1) is 0 Å². The Hall–Kier alpha value is -5.68. The Morgan fingerprint density at radius 2 is 1.13 bits per heavy atom. The topological polar surface area (TPSA) is 32.8 Å². The van der Waals surface area contributed by atoms with Crippen molar-refractivity contribution in [3.05, 3.63) is 136 Å². The molecule has 2 aliphatic heterocycles. The Balaban J connectivity index is 1.22. The Morgan fingerprint density at radius 1 is 0.515 bits per heavy atom. The van der Waals surface area contributed by atoms with E-state index in [1.54, 1.807) is 0 Å². The van der Waals surface area contributed by atoms with E-state index in [1.165, 1.54) is 90.1 Å². The van der Waals surface area contributed by atoms with Crippen LogP contribution in [0.2, 0.25) is 0 Å². The van der Waals surface area contributed by atoms with Gasteiger partial charge in [-0.1, -0.05) is 139 Å². The number of aryl methyl sites for hydroxylation is 1. The van der Waals surface area contributed by atoms with Crippen LogP contribution >= 0.6 is 0 Å². The highest BCUT2D eigenvalue weighted by molar-refractivity contribution is 7.00. The molecule has 8 aromatic rings. The lowest BCUT2D eigenvalue weighted by molar-refractivity contribution is 0.332. The van der Waals surface area contributed by atoms with E-state index in [2.05, 4.69) is 211 Å². The third kappa shape index (κ3) is 6.12. The molecule has 0 amide bonds. The smallest absolute Gasteiger partial charge is 0.297 e. The molecule has 0 N–H and O–H groups in total. The molecule has 2 aromatic heterocycles. The van der Waals surface area contributed by atoms with E-state index in [4.69, 9.17) is 8.83 Å². The summed E-state index contributed by atoms with van der Waals surface area (Å²) in [5.41, 5.74) is 23.2. The summed E-state index contributed by atoms with van der Waals surface area (Å²) in [4.78, 5) is 5.19. The fourth-order valence-corrected chi connectivity index (χ4v) is 13.0. The number of furan rings is 2. The summed E-state index contributed by atoms with van der Waals surface area (Å²) in [5.74, 6) is 0. The maximum Gasteiger partial charge on any atom is 0.297 e. The Labute approximate surface area is 405 Å². The molecule has 0 radical (unpaired) electrons. The number of para-hydroxylation sites is 1. The van der Waals surface area contributed by atoms with Crippen molar-refractivity contribution in [3.8, 4) is 0 Å². The molecule has 68 heavy (non-hydrogen) atoms. The SMILES string of the molecule is Cc1cc2c3c(c1)N(c1cccc4oc5c(C(C)(C)C)cccc5c14)c1ccc(C(C)(C)C)cc1B3c1oc3cc4c(cc3c1N2c1ccc2c(c1)C(C)(C)CCC2(C)C)C(C)(C)CCC4(C)C. The lowest BCUT2D eigenvalue weighted by Gasteiger charge is -2.45. The summed E-state index contributed by atoms with van der Waals surface area (Å²) in [5, 5.41) is 3.49. The average molecular weight is 897 g/mol. The van der Waals surface area contributed by atoms with Gasteiger partial charge >= 0.3 is 0 Å². The highest BCUT2D eigenvalue weighted by atomic mass is 16.3. The summed E-state index contributed by atoms with van der Waals surface area (Å²) in [6, 6.07) is 37.9. The van der Waals surface area contributed by atoms with Crippen molar-refractivity contribution < 1.29 is 8.83 Å². The molecule has 12 rings (SSSR count). The molecule has 0 atom stereocenters. The van der Waals surface area contributed by atoms with Crippen LogP contribution in [-0.2, 0) is 32.5 Å². The van der Waals surface area contributed by atoms with E-state index in [1.807, 2.05) is 0 Å². The van der Waals surface area contributed by atoms with Gasteiger partial charge in [0, 0.05) is 39.1 Å². The van der Waals surface area contributed by atoms with Crippen molar-refractivity contribution in [1.82, 2.24) is 0 Å². The molecule has 5 heteroatoms. The number of benzene rings is 6. The summed E-state index contributed by atoms with van der Waals surface area (Å²) < 4.78 is 14.6. The van der Waals surface area contributed by atoms with Gasteiger partial charge in [-0.25, -0.2) is 0 Å². The van der Waals surface area contributed by atoms with Gasteiger partial charge in [-0.05, 0) is 164 Å². The summed E-state index contributed by atoms with van der Waals surface area (Å²) in [6.45, 7) is 35.5. The molecular weight excluding hydrogens is 828 g/mol. The molecule has 0 fully saturated rings. The molecule has 0 saturated carbocycles. The van der Waals surface area contributed by atoms with Gasteiger partial charge in [0.2, 0.25) is 0 Å². The van der Waals surface area contributed by atoms with E-state index < -0.39 is 0 Å². The van der Waals surface area contributed by atoms with Crippen LogP contribution in [0.5, 0.6) is 0 Å². The second-order valence-electron chi connectivity index (χ2n) is 26.0. The second kappa shape index (κ2) is 13.8. The molecule has 4 heterocycles. The zero-order valence-corrected chi connectivity index (χ0v) is 43.4. The van der Waals surface area contributed by atoms with Crippen molar-refractivity contribution in [1.29, 1.82) is 0 Å². The first kappa shape index (κ1) is 43.6. The number of rotatable bonds is 2. The van der Waals surface area contributed by atoms with E-state index in [9.17, 15) is 0 Å². The van der Waals surface area contributed by atoms with Crippen LogP contribution in [0, 0.1) is 6.92 Å². The molecule has 0 saturated heterocycles. The van der Waals surface area contributed by atoms with Crippen molar-refractivity contribution in [2.75, 3.05) is 9.80 Å². The number of hydrogen-bond donors (Lipinski definition) is 0. The molecule has 2 aliphatic carbocycles. The van der Waals surface area contributed by atoms with E-state index >= 15 is 0 Å². The van der Waals surface area contributed by atoms with E-state index in [0.717, 1.165) is 58.1 Å².